The Balaban J connectivity index is 1.75. The maximum Gasteiger partial charge on any atom is 0.162 e. The van der Waals surface area contributed by atoms with Gasteiger partial charge in [0.2, 0.25) is 0 Å². The lowest BCUT2D eigenvalue weighted by Gasteiger charge is -2.14. The number of rotatable bonds is 2. The molecule has 1 fully saturated rings. The first-order chi connectivity index (χ1) is 8.83. The maximum absolute atomic E-state index is 9.79. The van der Waals surface area contributed by atoms with Gasteiger partial charge in [-0.2, -0.15) is 0 Å². The number of hydrogen-bond donors (Lipinski definition) is 2. The Morgan fingerprint density at radius 2 is 2.00 bits per heavy atom. The van der Waals surface area contributed by atoms with Gasteiger partial charge in [0.05, 0.1) is 19.3 Å². The summed E-state index contributed by atoms with van der Waals surface area (Å²) in [7, 11) is 0. The monoisotopic (exact) mass is 267 g/mol. The molecule has 1 saturated heterocycles. The van der Waals surface area contributed by atoms with Gasteiger partial charge in [0, 0.05) is 29.7 Å². The van der Waals surface area contributed by atoms with Crippen molar-refractivity contribution in [3.8, 4) is 11.5 Å². The summed E-state index contributed by atoms with van der Waals surface area (Å²) in [5.41, 5.74) is 0. The number of fused-ring (bicyclic) bond motifs is 1. The molecule has 2 unspecified atom stereocenters. The molecule has 2 atom stereocenters. The first kappa shape index (κ1) is 12.1. The molecule has 2 aliphatic heterocycles. The Kier molecular flexibility index (Phi) is 3.63. The fourth-order valence-corrected chi connectivity index (χ4v) is 3.28. The van der Waals surface area contributed by atoms with E-state index in [9.17, 15) is 5.11 Å². The number of ether oxygens (including phenoxy) is 2. The highest BCUT2D eigenvalue weighted by Gasteiger charge is 2.26. The zero-order chi connectivity index (χ0) is 12.4. The zero-order valence-corrected chi connectivity index (χ0v) is 10.9. The third kappa shape index (κ3) is 2.58. The van der Waals surface area contributed by atoms with Crippen molar-refractivity contribution in [3.05, 3.63) is 18.2 Å². The Morgan fingerprint density at radius 1 is 1.17 bits per heavy atom. The lowest BCUT2D eigenvalue weighted by Crippen LogP contribution is -2.19. The molecular formula is C13H17NO3S. The molecule has 0 radical (unpaired) electrons. The molecular weight excluding hydrogens is 250 g/mol. The SMILES string of the molecule is OC1CNCC1Sc1ccc2c(c1)OCCCO2. The van der Waals surface area contributed by atoms with Crippen molar-refractivity contribution in [2.24, 2.45) is 0 Å². The van der Waals surface area contributed by atoms with Gasteiger partial charge >= 0.3 is 0 Å². The molecule has 0 spiro atoms. The van der Waals surface area contributed by atoms with Crippen molar-refractivity contribution < 1.29 is 14.6 Å². The van der Waals surface area contributed by atoms with E-state index >= 15 is 0 Å². The second-order valence-electron chi connectivity index (χ2n) is 4.54. The van der Waals surface area contributed by atoms with Crippen LogP contribution in [0.2, 0.25) is 0 Å². The van der Waals surface area contributed by atoms with Gasteiger partial charge in [-0.3, -0.25) is 0 Å². The van der Waals surface area contributed by atoms with Crippen molar-refractivity contribution in [2.45, 2.75) is 22.7 Å². The average Bonchev–Trinajstić information content (AvgIpc) is 2.65. The molecule has 0 aliphatic carbocycles. The highest BCUT2D eigenvalue weighted by molar-refractivity contribution is 8.00. The molecule has 3 rings (SSSR count). The summed E-state index contributed by atoms with van der Waals surface area (Å²) in [6.07, 6.45) is 0.647. The van der Waals surface area contributed by atoms with E-state index in [2.05, 4.69) is 5.32 Å². The molecule has 18 heavy (non-hydrogen) atoms. The quantitative estimate of drug-likeness (QED) is 0.845. The summed E-state index contributed by atoms with van der Waals surface area (Å²) in [5, 5.41) is 13.2. The molecule has 2 heterocycles. The number of benzene rings is 1. The van der Waals surface area contributed by atoms with E-state index in [1.165, 1.54) is 0 Å². The van der Waals surface area contributed by atoms with Gasteiger partial charge in [-0.15, -0.1) is 11.8 Å². The predicted molar refractivity (Wildman–Crippen MR) is 70.6 cm³/mol. The first-order valence-corrected chi connectivity index (χ1v) is 7.16. The van der Waals surface area contributed by atoms with E-state index in [1.807, 2.05) is 18.2 Å². The molecule has 0 amide bonds. The molecule has 2 aliphatic rings. The minimum Gasteiger partial charge on any atom is -0.490 e. The maximum atomic E-state index is 9.79. The van der Waals surface area contributed by atoms with Crippen LogP contribution in [0.15, 0.2) is 23.1 Å². The minimum atomic E-state index is -0.272. The smallest absolute Gasteiger partial charge is 0.162 e. The lowest BCUT2D eigenvalue weighted by atomic mass is 10.3. The summed E-state index contributed by atoms with van der Waals surface area (Å²) < 4.78 is 11.3. The van der Waals surface area contributed by atoms with Gasteiger partial charge in [-0.25, -0.2) is 0 Å². The van der Waals surface area contributed by atoms with Crippen LogP contribution in [0.1, 0.15) is 6.42 Å². The van der Waals surface area contributed by atoms with Crippen LogP contribution in [0.4, 0.5) is 0 Å². The molecule has 2 N–H and O–H groups in total. The van der Waals surface area contributed by atoms with Gasteiger partial charge in [-0.1, -0.05) is 0 Å². The van der Waals surface area contributed by atoms with E-state index < -0.39 is 0 Å². The Morgan fingerprint density at radius 3 is 2.78 bits per heavy atom. The molecule has 0 bridgehead atoms. The lowest BCUT2D eigenvalue weighted by molar-refractivity contribution is 0.201. The summed E-state index contributed by atoms with van der Waals surface area (Å²) >= 11 is 1.69. The average molecular weight is 267 g/mol. The second kappa shape index (κ2) is 5.38. The normalized spacial score (nSPS) is 26.9. The largest absolute Gasteiger partial charge is 0.490 e. The van der Waals surface area contributed by atoms with E-state index in [0.29, 0.717) is 19.8 Å². The number of thioether (sulfide) groups is 1. The zero-order valence-electron chi connectivity index (χ0n) is 10.1. The van der Waals surface area contributed by atoms with E-state index in [0.717, 1.165) is 29.4 Å². The molecule has 0 aromatic heterocycles. The highest BCUT2D eigenvalue weighted by atomic mass is 32.2. The van der Waals surface area contributed by atoms with Crippen LogP contribution < -0.4 is 14.8 Å². The molecule has 4 nitrogen and oxygen atoms in total. The van der Waals surface area contributed by atoms with Gasteiger partial charge < -0.3 is 19.9 Å². The van der Waals surface area contributed by atoms with Crippen LogP contribution in [0.5, 0.6) is 11.5 Å². The summed E-state index contributed by atoms with van der Waals surface area (Å²) in [6.45, 7) is 2.95. The Labute approximate surface area is 111 Å². The van der Waals surface area contributed by atoms with Crippen LogP contribution >= 0.6 is 11.8 Å². The molecule has 0 saturated carbocycles. The van der Waals surface area contributed by atoms with Gasteiger partial charge in [0.15, 0.2) is 11.5 Å². The number of aliphatic hydroxyl groups is 1. The first-order valence-electron chi connectivity index (χ1n) is 6.28. The van der Waals surface area contributed by atoms with E-state index in [-0.39, 0.29) is 11.4 Å². The second-order valence-corrected chi connectivity index (χ2v) is 5.85. The molecule has 1 aromatic carbocycles. The summed E-state index contributed by atoms with van der Waals surface area (Å²) in [6, 6.07) is 6.00. The van der Waals surface area contributed by atoms with Crippen LogP contribution in [0.3, 0.4) is 0 Å². The van der Waals surface area contributed by atoms with E-state index in [1.54, 1.807) is 11.8 Å². The Bertz CT molecular complexity index is 427. The molecule has 1 aromatic rings. The Hall–Kier alpha value is -0.910. The number of hydrogen-bond acceptors (Lipinski definition) is 5. The number of β-amino-alcohol motifs (C(OH)–C–C–N with tert-alkyl or cyclic N) is 1. The van der Waals surface area contributed by atoms with Gasteiger partial charge in [0.1, 0.15) is 0 Å². The van der Waals surface area contributed by atoms with Crippen molar-refractivity contribution in [2.75, 3.05) is 26.3 Å². The number of aliphatic hydroxyl groups excluding tert-OH is 1. The topological polar surface area (TPSA) is 50.7 Å². The van der Waals surface area contributed by atoms with Crippen molar-refractivity contribution in [1.29, 1.82) is 0 Å². The van der Waals surface area contributed by atoms with Crippen molar-refractivity contribution in [3.63, 3.8) is 0 Å². The number of nitrogens with one attached hydrogen (secondary N) is 1. The van der Waals surface area contributed by atoms with Crippen LogP contribution in [0.25, 0.3) is 0 Å². The third-order valence-electron chi connectivity index (χ3n) is 3.13. The summed E-state index contributed by atoms with van der Waals surface area (Å²) in [5.74, 6) is 1.64. The molecule has 5 heteroatoms. The fraction of sp³-hybridized carbons (Fsp3) is 0.538. The predicted octanol–water partition coefficient (Wildman–Crippen LogP) is 1.27. The van der Waals surface area contributed by atoms with Crippen molar-refractivity contribution >= 4 is 11.8 Å². The van der Waals surface area contributed by atoms with Crippen LogP contribution in [0, 0.1) is 0 Å². The summed E-state index contributed by atoms with van der Waals surface area (Å²) in [4.78, 5) is 1.12. The highest BCUT2D eigenvalue weighted by Crippen LogP contribution is 2.36. The van der Waals surface area contributed by atoms with Crippen molar-refractivity contribution in [1.82, 2.24) is 5.32 Å². The standard InChI is InChI=1S/C13H17NO3S/c15-10-7-14-8-13(10)18-9-2-3-11-12(6-9)17-5-1-4-16-11/h2-3,6,10,13-15H,1,4-5,7-8H2. The van der Waals surface area contributed by atoms with Gasteiger partial charge in [-0.05, 0) is 18.2 Å². The van der Waals surface area contributed by atoms with Gasteiger partial charge in [0.25, 0.3) is 0 Å². The third-order valence-corrected chi connectivity index (χ3v) is 4.44. The van der Waals surface area contributed by atoms with E-state index in [4.69, 9.17) is 9.47 Å². The fourth-order valence-electron chi connectivity index (χ4n) is 2.15. The minimum absolute atomic E-state index is 0.217. The van der Waals surface area contributed by atoms with Crippen LogP contribution in [-0.2, 0) is 0 Å². The van der Waals surface area contributed by atoms with Crippen LogP contribution in [-0.4, -0.2) is 42.8 Å². The molecule has 98 valence electrons.